The van der Waals surface area contributed by atoms with Crippen LogP contribution in [0.5, 0.6) is 0 Å². The Hall–Kier alpha value is -3.04. The molecule has 20 aliphatic rings. The fraction of sp³-hybridized carbons (Fsp3) is 0.855. The molecule has 0 aromatic heterocycles. The van der Waals surface area contributed by atoms with Gasteiger partial charge >= 0.3 is 0 Å². The van der Waals surface area contributed by atoms with Gasteiger partial charge < -0.3 is 56.2 Å². The van der Waals surface area contributed by atoms with Crippen LogP contribution in [0.1, 0.15) is 491 Å². The lowest BCUT2D eigenvalue weighted by Gasteiger charge is -2.59. The summed E-state index contributed by atoms with van der Waals surface area (Å²) in [6, 6.07) is 8.69. The number of allylic oxidation sites excluding steroid dienone is 8. The molecule has 11 N–H and O–H groups in total. The molecule has 41 atom stereocenters. The third kappa shape index (κ3) is 22.2. The number of aliphatic hydroxyl groups excluding tert-OH is 6. The molecule has 842 valence electrons. The van der Waals surface area contributed by atoms with E-state index in [1.54, 1.807) is 22.3 Å². The number of hydrogen-bond acceptors (Lipinski definition) is 11. The van der Waals surface area contributed by atoms with Crippen LogP contribution in [-0.4, -0.2) is 121 Å². The largest absolute Gasteiger partial charge is 0.393 e. The summed E-state index contributed by atoms with van der Waals surface area (Å²) >= 11 is 0. The second kappa shape index (κ2) is 44.5. The van der Waals surface area contributed by atoms with Crippen molar-refractivity contribution in [2.75, 3.05) is 0 Å². The molecule has 11 heteroatoms. The van der Waals surface area contributed by atoms with E-state index >= 15 is 0 Å². The molecule has 0 aliphatic heterocycles. The Morgan fingerprint density at radius 3 is 0.933 bits per heavy atom. The first-order valence-corrected chi connectivity index (χ1v) is 63.4. The number of aryl methyl sites for hydroxylation is 1. The molecule has 15 fully saturated rings. The maximum Gasteiger partial charge on any atom is 0.0910 e. The Balaban J connectivity index is 0.000000127. The van der Waals surface area contributed by atoms with Crippen LogP contribution in [0.2, 0.25) is 0 Å². The normalized spacial score (nSPS) is 45.6. The fourth-order valence-corrected chi connectivity index (χ4v) is 43.6. The molecule has 0 radical (unpaired) electrons. The van der Waals surface area contributed by atoms with E-state index in [1.165, 1.54) is 195 Å². The van der Waals surface area contributed by atoms with Crippen LogP contribution in [0.3, 0.4) is 0 Å². The van der Waals surface area contributed by atoms with Crippen molar-refractivity contribution in [3.05, 3.63) is 117 Å². The highest BCUT2D eigenvalue weighted by Gasteiger charge is 2.69. The molecule has 1 aromatic carbocycles. The summed E-state index contributed by atoms with van der Waals surface area (Å²) in [7, 11) is 0. The van der Waals surface area contributed by atoms with E-state index in [-0.39, 0.29) is 63.5 Å². The number of aliphatic hydroxyl groups is 11. The van der Waals surface area contributed by atoms with Gasteiger partial charge in [-0.25, -0.2) is 0 Å². The first-order valence-electron chi connectivity index (χ1n) is 63.4. The van der Waals surface area contributed by atoms with Crippen molar-refractivity contribution in [2.45, 2.75) is 558 Å². The molecule has 15 saturated carbocycles. The van der Waals surface area contributed by atoms with E-state index in [9.17, 15) is 56.2 Å². The molecular formula is C138H224O11. The molecule has 21 rings (SSSR count). The van der Waals surface area contributed by atoms with Gasteiger partial charge in [0.15, 0.2) is 0 Å². The summed E-state index contributed by atoms with van der Waals surface area (Å²) in [5, 5.41) is 120. The van der Waals surface area contributed by atoms with Crippen LogP contribution < -0.4 is 0 Å². The quantitative estimate of drug-likeness (QED) is 0.0365. The van der Waals surface area contributed by atoms with Crippen molar-refractivity contribution in [1.82, 2.24) is 0 Å². The minimum Gasteiger partial charge on any atom is -0.393 e. The number of benzene rings is 1. The average molecular weight is 2060 g/mol. The molecule has 0 amide bonds. The molecule has 20 aliphatic carbocycles. The topological polar surface area (TPSA) is 223 Å². The van der Waals surface area contributed by atoms with E-state index in [2.05, 4.69) is 220 Å². The first kappa shape index (κ1) is 117. The van der Waals surface area contributed by atoms with E-state index in [0.29, 0.717) is 74.9 Å². The predicted octanol–water partition coefficient (Wildman–Crippen LogP) is 31.4. The summed E-state index contributed by atoms with van der Waals surface area (Å²) in [5.74, 6) is 14.4. The summed E-state index contributed by atoms with van der Waals surface area (Å²) in [6.45, 7) is 57.0. The lowest BCUT2D eigenvalue weighted by molar-refractivity contribution is -0.151. The lowest BCUT2D eigenvalue weighted by Crippen LogP contribution is -2.55. The maximum absolute atomic E-state index is 11.8. The second-order valence-corrected chi connectivity index (χ2v) is 61.7. The van der Waals surface area contributed by atoms with Gasteiger partial charge in [0.25, 0.3) is 0 Å². The smallest absolute Gasteiger partial charge is 0.0910 e. The zero-order valence-electron chi connectivity index (χ0n) is 99.3. The van der Waals surface area contributed by atoms with Gasteiger partial charge in [0, 0.05) is 6.42 Å². The van der Waals surface area contributed by atoms with Crippen LogP contribution in [-0.2, 0) is 6.42 Å². The summed E-state index contributed by atoms with van der Waals surface area (Å²) in [5.41, 5.74) is 12.4. The molecule has 0 spiro atoms. The van der Waals surface area contributed by atoms with E-state index in [1.807, 2.05) is 6.92 Å². The van der Waals surface area contributed by atoms with Crippen LogP contribution in [0.25, 0.3) is 0 Å². The Kier molecular flexibility index (Phi) is 34.9. The SMILES string of the molecule is C=C(C)CCC[C@](C)(O)C1CCC2C3CC=C4C[C@@H](O)CC[C@]4(C)C3CC[C@@]21C.CC(C)=CCC[C@](C)(O)C1CCC2C3CC=C4C[C@@H](O)CC[C@]4(C)C3CC[C@@]21C.CC(C)CCCC[C@](C)(O)C1CCC2C3CC=C4C[C@@H](O)CC[C@]4(C)C3CC[C@@]21C.CC(C)CC[C@@H](O)[C@](C)(O)C1CCC2C3CC=C4C[C@@H](O)CC[C@]4(C)C3CC[C@@]21C.Cc1cccc(C[C@](C)(O)C2CCC3C4CC=C5C[C@@H](O)CC[C@]5(C)C4CC[C@@]32C)c1. The summed E-state index contributed by atoms with van der Waals surface area (Å²) < 4.78 is 0. The predicted molar refractivity (Wildman–Crippen MR) is 615 cm³/mol. The van der Waals surface area contributed by atoms with Crippen LogP contribution in [0, 0.1) is 191 Å². The van der Waals surface area contributed by atoms with Crippen LogP contribution in [0.15, 0.2) is 106 Å². The molecule has 0 saturated heterocycles. The second-order valence-electron chi connectivity index (χ2n) is 61.7. The number of unbranched alkanes of at least 4 members (excludes halogenated alkanes) is 1. The highest BCUT2D eigenvalue weighted by atomic mass is 16.3. The third-order valence-corrected chi connectivity index (χ3v) is 51.6. The van der Waals surface area contributed by atoms with Gasteiger partial charge in [0.2, 0.25) is 0 Å². The van der Waals surface area contributed by atoms with Crippen molar-refractivity contribution >= 4 is 0 Å². The van der Waals surface area contributed by atoms with Gasteiger partial charge in [-0.2, -0.15) is 0 Å². The van der Waals surface area contributed by atoms with Gasteiger partial charge in [0.05, 0.1) is 64.6 Å². The Morgan fingerprint density at radius 1 is 0.349 bits per heavy atom. The minimum absolute atomic E-state index is 0.114. The minimum atomic E-state index is -1.00. The van der Waals surface area contributed by atoms with E-state index < -0.39 is 34.1 Å². The van der Waals surface area contributed by atoms with E-state index in [4.69, 9.17) is 0 Å². The van der Waals surface area contributed by atoms with E-state index in [0.717, 1.165) is 243 Å². The zero-order valence-corrected chi connectivity index (χ0v) is 99.3. The van der Waals surface area contributed by atoms with Crippen molar-refractivity contribution in [3.8, 4) is 0 Å². The molecule has 20 unspecified atom stereocenters. The van der Waals surface area contributed by atoms with Gasteiger partial charge in [0.1, 0.15) is 0 Å². The number of fused-ring (bicyclic) bond motifs is 25. The van der Waals surface area contributed by atoms with Gasteiger partial charge in [-0.1, -0.05) is 221 Å². The summed E-state index contributed by atoms with van der Waals surface area (Å²) in [6.07, 6.45) is 71.5. The number of hydrogen-bond donors (Lipinski definition) is 11. The van der Waals surface area contributed by atoms with Gasteiger partial charge in [-0.15, -0.1) is 6.58 Å². The molecule has 0 heterocycles. The zero-order chi connectivity index (χ0) is 108. The highest BCUT2D eigenvalue weighted by Crippen LogP contribution is 2.76. The summed E-state index contributed by atoms with van der Waals surface area (Å²) in [4.78, 5) is 0. The van der Waals surface area contributed by atoms with Crippen molar-refractivity contribution in [1.29, 1.82) is 0 Å². The van der Waals surface area contributed by atoms with Crippen LogP contribution in [0.4, 0.5) is 0 Å². The molecule has 0 bridgehead atoms. The number of rotatable bonds is 23. The van der Waals surface area contributed by atoms with Crippen molar-refractivity contribution in [3.63, 3.8) is 0 Å². The standard InChI is InChI=1S/C29H42O2.C28H48O2.C27H46O3.2C27H44O2/c1-19-6-5-7-20(16-19)18-29(4,31)26-11-10-24-23-9-8-21-17-22(30)12-14-27(21,2)25(23)13-15-28(24,26)3;1-19(2)8-6-7-15-28(5,30)25-12-11-23-22-10-9-20-18-21(29)13-16-26(20,3)24(22)14-17-27(23,25)4;1-17(2)6-11-24(29)27(5,30)23-10-9-21-20-8-7-18-16-19(28)12-14-25(18,3)22(20)13-15-26(21,23)4;2*1-18(2)7-6-14-27(5,29)24-11-10-22-21-9-8-19-17-20(28)12-15-25(19,3)23(21)13-16-26(22,24)4/h5-8,16,22-26,30-31H,9-15,17-18H2,1-4H3;9,19,21-25,29-30H,6-8,10-18H2,1-5H3;7,17,19-24,28-30H,6,8-16H2,1-5H3;7-8,20-24,28-29H,6,9-17H2,1-5H3;8,20-24,28-29H,1,6-7,9-17H2,2-5H3/t22-,23?,24?,25?,26?,27-,28-,29-;21-,22?,23?,24?,25?,26-,27-,28-;19-,20?,21?,22?,23?,24+,25-,26-,27+;2*20-,21?,22?,23?,24?,25-,26-,27-/m00000/s1. The Bertz CT molecular complexity index is 4940. The molecule has 11 nitrogen and oxygen atoms in total. The molecule has 1 aromatic rings. The fourth-order valence-electron chi connectivity index (χ4n) is 43.6. The lowest BCUT2D eigenvalue weighted by atomic mass is 9.46. The monoisotopic (exact) mass is 2060 g/mol. The van der Waals surface area contributed by atoms with Crippen LogP contribution >= 0.6 is 0 Å². The Morgan fingerprint density at radius 2 is 0.638 bits per heavy atom. The molecular weight excluding hydrogens is 1830 g/mol. The third-order valence-electron chi connectivity index (χ3n) is 51.6. The van der Waals surface area contributed by atoms with Crippen molar-refractivity contribution < 1.29 is 56.2 Å². The Labute approximate surface area is 909 Å². The van der Waals surface area contributed by atoms with Gasteiger partial charge in [-0.3, -0.25) is 0 Å². The van der Waals surface area contributed by atoms with Gasteiger partial charge in [-0.05, 0) is 560 Å². The maximum atomic E-state index is 11.8. The first-order chi connectivity index (χ1) is 69.9. The highest BCUT2D eigenvalue weighted by molar-refractivity contribution is 5.34. The average Bonchev–Trinajstić information content (AvgIpc) is 1.61. The van der Waals surface area contributed by atoms with Crippen molar-refractivity contribution in [2.24, 2.45) is 184 Å². The molecule has 149 heavy (non-hydrogen) atoms.